The average Bonchev–Trinajstić information content (AvgIpc) is 3.35. The molecule has 1 amide bonds. The highest BCUT2D eigenvalue weighted by atomic mass is 127. The maximum atomic E-state index is 13.0. The minimum absolute atomic E-state index is 0.0623. The van der Waals surface area contributed by atoms with Crippen LogP contribution in [-0.4, -0.2) is 35.2 Å². The van der Waals surface area contributed by atoms with Crippen LogP contribution >= 0.6 is 50.3 Å². The van der Waals surface area contributed by atoms with E-state index in [0.717, 1.165) is 33.4 Å². The summed E-state index contributed by atoms with van der Waals surface area (Å²) in [5.74, 6) is 0.577. The highest BCUT2D eigenvalue weighted by molar-refractivity contribution is 14.1. The topological polar surface area (TPSA) is 55.0 Å². The van der Waals surface area contributed by atoms with Gasteiger partial charge >= 0.3 is 0 Å². The number of carbonyl (C=O) groups excluding carboxylic acids is 1. The Morgan fingerprint density at radius 2 is 2.19 bits per heavy atom. The van der Waals surface area contributed by atoms with Crippen LogP contribution in [0.15, 0.2) is 55.2 Å². The zero-order valence-corrected chi connectivity index (χ0v) is 18.8. The van der Waals surface area contributed by atoms with Crippen LogP contribution in [0.2, 0.25) is 0 Å². The van der Waals surface area contributed by atoms with Crippen molar-refractivity contribution in [3.8, 4) is 0 Å². The van der Waals surface area contributed by atoms with Crippen LogP contribution in [0.5, 0.6) is 0 Å². The van der Waals surface area contributed by atoms with Gasteiger partial charge < -0.3 is 9.15 Å². The summed E-state index contributed by atoms with van der Waals surface area (Å²) < 4.78 is 13.0. The van der Waals surface area contributed by atoms with Crippen LogP contribution in [0, 0.1) is 3.77 Å². The van der Waals surface area contributed by atoms with Gasteiger partial charge in [-0.1, -0.05) is 18.2 Å². The lowest BCUT2D eigenvalue weighted by Crippen LogP contribution is -2.36. The molecule has 2 fully saturated rings. The number of aliphatic imine (C=N–C) groups is 1. The van der Waals surface area contributed by atoms with Gasteiger partial charge in [0.15, 0.2) is 8.93 Å². The fraction of sp³-hybridized carbons (Fsp3) is 0.263. The van der Waals surface area contributed by atoms with E-state index in [9.17, 15) is 4.79 Å². The molecule has 2 aliphatic heterocycles. The van der Waals surface area contributed by atoms with Crippen molar-refractivity contribution in [1.29, 1.82) is 0 Å². The van der Waals surface area contributed by atoms with E-state index >= 15 is 0 Å². The van der Waals surface area contributed by atoms with Crippen molar-refractivity contribution in [2.75, 3.05) is 13.2 Å². The largest absolute Gasteiger partial charge is 0.450 e. The first-order valence-corrected chi connectivity index (χ1v) is 11.2. The number of nitrogens with zero attached hydrogens (tertiary/aromatic N) is 2. The lowest BCUT2D eigenvalue weighted by molar-refractivity contribution is -0.123. The molecule has 1 atom stereocenters. The number of carbonyl (C=O) groups is 1. The van der Waals surface area contributed by atoms with Crippen LogP contribution < -0.4 is 0 Å². The van der Waals surface area contributed by atoms with E-state index in [-0.39, 0.29) is 12.0 Å². The van der Waals surface area contributed by atoms with Crippen molar-refractivity contribution in [2.45, 2.75) is 18.9 Å². The summed E-state index contributed by atoms with van der Waals surface area (Å²) in [6.45, 7) is 1.28. The molecule has 8 heteroatoms. The summed E-state index contributed by atoms with van der Waals surface area (Å²) in [5, 5.41) is 0.674. The Balaban J connectivity index is 1.65. The monoisotopic (exact) mass is 558 g/mol. The number of amides is 1. The summed E-state index contributed by atoms with van der Waals surface area (Å²) in [6.07, 6.45) is 3.84. The second-order valence-electron chi connectivity index (χ2n) is 6.16. The molecule has 2 aromatic rings. The lowest BCUT2D eigenvalue weighted by Gasteiger charge is -2.19. The van der Waals surface area contributed by atoms with Crippen LogP contribution in [0.25, 0.3) is 6.08 Å². The van der Waals surface area contributed by atoms with E-state index < -0.39 is 0 Å². The number of halogens is 2. The highest BCUT2D eigenvalue weighted by Gasteiger charge is 2.36. The van der Waals surface area contributed by atoms with Crippen LogP contribution in [0.4, 0.5) is 5.69 Å². The molecule has 4 rings (SSSR count). The normalized spacial score (nSPS) is 23.1. The number of ether oxygens (including phenoxy) is 1. The van der Waals surface area contributed by atoms with Gasteiger partial charge in [-0.2, -0.15) is 0 Å². The molecule has 0 bridgehead atoms. The predicted molar refractivity (Wildman–Crippen MR) is 119 cm³/mol. The molecule has 1 aromatic heterocycles. The third-order valence-electron chi connectivity index (χ3n) is 4.22. The minimum atomic E-state index is -0.0623. The third-order valence-corrected chi connectivity index (χ3v) is 7.35. The van der Waals surface area contributed by atoms with Crippen molar-refractivity contribution >= 4 is 73.1 Å². The van der Waals surface area contributed by atoms with Crippen molar-refractivity contribution in [3.63, 3.8) is 0 Å². The van der Waals surface area contributed by atoms with Gasteiger partial charge in [0, 0.05) is 35.3 Å². The Morgan fingerprint density at radius 1 is 1.37 bits per heavy atom. The molecule has 27 heavy (non-hydrogen) atoms. The van der Waals surface area contributed by atoms with Crippen molar-refractivity contribution in [3.05, 3.63) is 55.3 Å². The number of amidine groups is 1. The predicted octanol–water partition coefficient (Wildman–Crippen LogP) is 5.43. The van der Waals surface area contributed by atoms with Gasteiger partial charge in [-0.05, 0) is 58.7 Å². The number of rotatable bonds is 4. The zero-order chi connectivity index (χ0) is 18.8. The van der Waals surface area contributed by atoms with Crippen molar-refractivity contribution in [2.24, 2.45) is 4.99 Å². The number of hydrogen-bond acceptors (Lipinski definition) is 5. The summed E-state index contributed by atoms with van der Waals surface area (Å²) in [6, 6.07) is 11.5. The molecule has 1 aromatic carbocycles. The quantitative estimate of drug-likeness (QED) is 0.371. The molecular weight excluding hydrogens is 543 g/mol. The average molecular weight is 559 g/mol. The molecule has 3 heterocycles. The first kappa shape index (κ1) is 19.2. The molecule has 0 radical (unpaired) electrons. The molecule has 0 spiro atoms. The molecule has 2 saturated heterocycles. The van der Waals surface area contributed by atoms with Gasteiger partial charge in [0.1, 0.15) is 5.76 Å². The Bertz CT molecular complexity index is 887. The van der Waals surface area contributed by atoms with E-state index in [1.165, 1.54) is 11.8 Å². The van der Waals surface area contributed by atoms with Crippen LogP contribution in [-0.2, 0) is 9.53 Å². The fourth-order valence-corrected chi connectivity index (χ4v) is 4.63. The van der Waals surface area contributed by atoms with E-state index in [1.807, 2.05) is 36.4 Å². The van der Waals surface area contributed by atoms with Gasteiger partial charge in [0.05, 0.1) is 27.7 Å². The molecule has 2 aliphatic rings. The second-order valence-corrected chi connectivity index (χ2v) is 9.00. The van der Waals surface area contributed by atoms with Crippen LogP contribution in [0.1, 0.15) is 18.6 Å². The number of hydrogen-bond donors (Lipinski definition) is 0. The third kappa shape index (κ3) is 4.49. The molecule has 1 unspecified atom stereocenters. The van der Waals surface area contributed by atoms with Crippen molar-refractivity contribution < 1.29 is 13.9 Å². The second kappa shape index (κ2) is 8.50. The summed E-state index contributed by atoms with van der Waals surface area (Å²) >= 11 is 6.91. The Kier molecular flexibility index (Phi) is 6.05. The Hall–Kier alpha value is -1.10. The molecule has 0 N–H and O–H groups in total. The van der Waals surface area contributed by atoms with E-state index in [2.05, 4.69) is 38.5 Å². The number of furan rings is 1. The van der Waals surface area contributed by atoms with E-state index in [0.29, 0.717) is 22.4 Å². The molecule has 5 nitrogen and oxygen atoms in total. The van der Waals surface area contributed by atoms with Gasteiger partial charge in [-0.15, -0.1) is 0 Å². The molecule has 140 valence electrons. The first-order chi connectivity index (χ1) is 13.1. The van der Waals surface area contributed by atoms with E-state index in [1.54, 1.807) is 11.0 Å². The van der Waals surface area contributed by atoms with Gasteiger partial charge in [0.25, 0.3) is 5.91 Å². The highest BCUT2D eigenvalue weighted by Crippen LogP contribution is 2.36. The van der Waals surface area contributed by atoms with Gasteiger partial charge in [-0.25, -0.2) is 4.99 Å². The lowest BCUT2D eigenvalue weighted by atomic mass is 10.2. The standard InChI is InChI=1S/C19H16BrIN2O3S/c20-15-9-14(26-17(15)21)10-16-18(24)23(11-13-7-4-8-25-13)19(27-16)22-12-5-2-1-3-6-12/h1-3,5-6,9-10,13H,4,7-8,11H2/b16-10-,22-19?. The summed E-state index contributed by atoms with van der Waals surface area (Å²) in [5.41, 5.74) is 0.821. The number of para-hydroxylation sites is 1. The Labute approximate surface area is 183 Å². The number of thioether (sulfide) groups is 1. The minimum Gasteiger partial charge on any atom is -0.450 e. The van der Waals surface area contributed by atoms with Gasteiger partial charge in [-0.3, -0.25) is 9.69 Å². The smallest absolute Gasteiger partial charge is 0.266 e. The SMILES string of the molecule is O=C1/C(=C/c2cc(Br)c(I)o2)SC(=Nc2ccccc2)N1CC1CCCO1. The maximum Gasteiger partial charge on any atom is 0.266 e. The molecule has 0 saturated carbocycles. The maximum absolute atomic E-state index is 13.0. The van der Waals surface area contributed by atoms with Crippen LogP contribution in [0.3, 0.4) is 0 Å². The summed E-state index contributed by atoms with van der Waals surface area (Å²) in [7, 11) is 0. The zero-order valence-electron chi connectivity index (χ0n) is 14.2. The van der Waals surface area contributed by atoms with E-state index in [4.69, 9.17) is 14.1 Å². The first-order valence-electron chi connectivity index (χ1n) is 8.52. The summed E-state index contributed by atoms with van der Waals surface area (Å²) in [4.78, 5) is 20.1. The number of benzene rings is 1. The van der Waals surface area contributed by atoms with Gasteiger partial charge in [0.2, 0.25) is 0 Å². The van der Waals surface area contributed by atoms with Crippen molar-refractivity contribution in [1.82, 2.24) is 4.90 Å². The fourth-order valence-electron chi connectivity index (χ4n) is 2.92. The molecular formula is C19H16BrIN2O3S. The molecule has 0 aliphatic carbocycles. The Morgan fingerprint density at radius 3 is 2.85 bits per heavy atom.